The van der Waals surface area contributed by atoms with E-state index in [0.29, 0.717) is 12.5 Å². The molecule has 1 aliphatic rings. The molecule has 0 aromatic rings. The summed E-state index contributed by atoms with van der Waals surface area (Å²) in [7, 11) is 1.74. The number of nitrogens with two attached hydrogens (primary N) is 1. The number of nitrogens with zero attached hydrogens (tertiary/aromatic N) is 1. The van der Waals surface area contributed by atoms with E-state index in [2.05, 4.69) is 12.2 Å². The number of hydrogen-bond acceptors (Lipinski definition) is 3. The predicted octanol–water partition coefficient (Wildman–Crippen LogP) is 0.733. The van der Waals surface area contributed by atoms with Gasteiger partial charge in [-0.05, 0) is 39.0 Å². The quantitative estimate of drug-likeness (QED) is 0.790. The Morgan fingerprint density at radius 1 is 1.42 bits per heavy atom. The first-order chi connectivity index (χ1) is 8.86. The standard InChI is InChI=1S/C14H27N3O2/c1-5-17(4)14(19)10(3)16-13(18)11-8-9(2)6-7-12(11)15/h9-12H,5-8,15H2,1-4H3,(H,16,18). The molecule has 0 heterocycles. The largest absolute Gasteiger partial charge is 0.344 e. The fraction of sp³-hybridized carbons (Fsp3) is 0.857. The molecule has 5 heteroatoms. The van der Waals surface area contributed by atoms with Crippen LogP contribution in [-0.4, -0.2) is 42.4 Å². The summed E-state index contributed by atoms with van der Waals surface area (Å²) in [6, 6.07) is -0.565. The molecule has 0 radical (unpaired) electrons. The molecule has 1 fully saturated rings. The van der Waals surface area contributed by atoms with Crippen LogP contribution in [0.2, 0.25) is 0 Å². The molecule has 2 amide bonds. The third-order valence-corrected chi connectivity index (χ3v) is 4.08. The lowest BCUT2D eigenvalue weighted by Gasteiger charge is -2.32. The number of nitrogens with one attached hydrogen (secondary N) is 1. The number of carbonyl (C=O) groups excluding carboxylic acids is 2. The molecule has 0 aromatic heterocycles. The second-order valence-electron chi connectivity index (χ2n) is 5.77. The molecule has 0 saturated heterocycles. The SMILES string of the molecule is CCN(C)C(=O)C(C)NC(=O)C1CC(C)CCC1N. The van der Waals surface area contributed by atoms with Crippen molar-refractivity contribution in [1.82, 2.24) is 10.2 Å². The maximum atomic E-state index is 12.2. The minimum atomic E-state index is -0.484. The van der Waals surface area contributed by atoms with Gasteiger partial charge >= 0.3 is 0 Å². The van der Waals surface area contributed by atoms with Crippen LogP contribution in [0.15, 0.2) is 0 Å². The topological polar surface area (TPSA) is 75.4 Å². The highest BCUT2D eigenvalue weighted by atomic mass is 16.2. The molecule has 0 bridgehead atoms. The molecule has 1 saturated carbocycles. The number of amides is 2. The Morgan fingerprint density at radius 2 is 2.05 bits per heavy atom. The van der Waals surface area contributed by atoms with Gasteiger partial charge in [-0.15, -0.1) is 0 Å². The van der Waals surface area contributed by atoms with Crippen LogP contribution >= 0.6 is 0 Å². The Hall–Kier alpha value is -1.10. The molecule has 0 aliphatic heterocycles. The lowest BCUT2D eigenvalue weighted by molar-refractivity contribution is -0.136. The molecule has 0 spiro atoms. The third-order valence-electron chi connectivity index (χ3n) is 4.08. The van der Waals surface area contributed by atoms with Gasteiger partial charge in [-0.25, -0.2) is 0 Å². The first-order valence-electron chi connectivity index (χ1n) is 7.17. The zero-order chi connectivity index (χ0) is 14.6. The molecule has 1 aliphatic carbocycles. The van der Waals surface area contributed by atoms with Crippen LogP contribution in [0, 0.1) is 11.8 Å². The highest BCUT2D eigenvalue weighted by molar-refractivity contribution is 5.88. The fourth-order valence-electron chi connectivity index (χ4n) is 2.57. The van der Waals surface area contributed by atoms with Gasteiger partial charge in [-0.2, -0.15) is 0 Å². The van der Waals surface area contributed by atoms with Crippen molar-refractivity contribution in [2.75, 3.05) is 13.6 Å². The Labute approximate surface area is 115 Å². The summed E-state index contributed by atoms with van der Waals surface area (Å²) in [5.74, 6) is 0.225. The number of rotatable bonds is 4. The van der Waals surface area contributed by atoms with Gasteiger partial charge in [0, 0.05) is 19.6 Å². The molecule has 110 valence electrons. The summed E-state index contributed by atoms with van der Waals surface area (Å²) in [6.45, 7) is 6.42. The Morgan fingerprint density at radius 3 is 2.63 bits per heavy atom. The smallest absolute Gasteiger partial charge is 0.244 e. The van der Waals surface area contributed by atoms with E-state index >= 15 is 0 Å². The maximum absolute atomic E-state index is 12.2. The molecular formula is C14H27N3O2. The number of carbonyl (C=O) groups is 2. The van der Waals surface area contributed by atoms with Gasteiger partial charge < -0.3 is 16.0 Å². The molecular weight excluding hydrogens is 242 g/mol. The summed E-state index contributed by atoms with van der Waals surface area (Å²) in [6.07, 6.45) is 2.78. The van der Waals surface area contributed by atoms with Crippen molar-refractivity contribution in [3.63, 3.8) is 0 Å². The summed E-state index contributed by atoms with van der Waals surface area (Å²) >= 11 is 0. The van der Waals surface area contributed by atoms with Gasteiger partial charge in [-0.1, -0.05) is 6.92 Å². The monoisotopic (exact) mass is 269 g/mol. The third kappa shape index (κ3) is 4.20. The van der Waals surface area contributed by atoms with Crippen molar-refractivity contribution in [3.8, 4) is 0 Å². The molecule has 19 heavy (non-hydrogen) atoms. The van der Waals surface area contributed by atoms with Crippen LogP contribution in [0.25, 0.3) is 0 Å². The van der Waals surface area contributed by atoms with E-state index in [0.717, 1.165) is 19.3 Å². The van der Waals surface area contributed by atoms with Gasteiger partial charge in [0.1, 0.15) is 6.04 Å². The van der Waals surface area contributed by atoms with Crippen LogP contribution in [-0.2, 0) is 9.59 Å². The summed E-state index contributed by atoms with van der Waals surface area (Å²) < 4.78 is 0. The Kier molecular flexibility index (Phi) is 5.79. The lowest BCUT2D eigenvalue weighted by Crippen LogP contribution is -2.51. The van der Waals surface area contributed by atoms with Gasteiger partial charge in [0.05, 0.1) is 5.92 Å². The average molecular weight is 269 g/mol. The summed E-state index contributed by atoms with van der Waals surface area (Å²) in [5, 5.41) is 2.81. The molecule has 1 rings (SSSR count). The summed E-state index contributed by atoms with van der Waals surface area (Å²) in [5.41, 5.74) is 6.02. The molecule has 4 atom stereocenters. The van der Waals surface area contributed by atoms with E-state index in [-0.39, 0.29) is 23.8 Å². The van der Waals surface area contributed by atoms with Crippen molar-refractivity contribution in [2.45, 2.75) is 52.1 Å². The van der Waals surface area contributed by atoms with E-state index in [1.807, 2.05) is 6.92 Å². The molecule has 4 unspecified atom stereocenters. The molecule has 0 aromatic carbocycles. The minimum absolute atomic E-state index is 0.0618. The first-order valence-corrected chi connectivity index (χ1v) is 7.17. The number of hydrogen-bond donors (Lipinski definition) is 2. The predicted molar refractivity (Wildman–Crippen MR) is 75.4 cm³/mol. The Bertz CT molecular complexity index is 333. The summed E-state index contributed by atoms with van der Waals surface area (Å²) in [4.78, 5) is 25.7. The van der Waals surface area contributed by atoms with Gasteiger partial charge in [0.2, 0.25) is 11.8 Å². The zero-order valence-electron chi connectivity index (χ0n) is 12.5. The van der Waals surface area contributed by atoms with E-state index in [4.69, 9.17) is 5.73 Å². The lowest BCUT2D eigenvalue weighted by atomic mass is 9.78. The van der Waals surface area contributed by atoms with Crippen LogP contribution < -0.4 is 11.1 Å². The minimum Gasteiger partial charge on any atom is -0.344 e. The van der Waals surface area contributed by atoms with Crippen LogP contribution in [0.3, 0.4) is 0 Å². The van der Waals surface area contributed by atoms with E-state index in [1.165, 1.54) is 0 Å². The first kappa shape index (κ1) is 16.0. The van der Waals surface area contributed by atoms with Crippen LogP contribution in [0.1, 0.15) is 40.0 Å². The average Bonchev–Trinajstić information content (AvgIpc) is 2.39. The van der Waals surface area contributed by atoms with Crippen LogP contribution in [0.4, 0.5) is 0 Å². The normalized spacial score (nSPS) is 28.6. The van der Waals surface area contributed by atoms with Gasteiger partial charge in [-0.3, -0.25) is 9.59 Å². The fourth-order valence-corrected chi connectivity index (χ4v) is 2.57. The zero-order valence-corrected chi connectivity index (χ0v) is 12.5. The second-order valence-corrected chi connectivity index (χ2v) is 5.77. The second kappa shape index (κ2) is 6.89. The number of likely N-dealkylation sites (N-methyl/N-ethyl adjacent to an activating group) is 1. The van der Waals surface area contributed by atoms with Crippen molar-refractivity contribution < 1.29 is 9.59 Å². The van der Waals surface area contributed by atoms with Crippen molar-refractivity contribution in [3.05, 3.63) is 0 Å². The van der Waals surface area contributed by atoms with Gasteiger partial charge in [0.25, 0.3) is 0 Å². The Balaban J connectivity index is 2.56. The van der Waals surface area contributed by atoms with E-state index in [9.17, 15) is 9.59 Å². The highest BCUT2D eigenvalue weighted by Gasteiger charge is 2.32. The van der Waals surface area contributed by atoms with E-state index < -0.39 is 6.04 Å². The maximum Gasteiger partial charge on any atom is 0.244 e. The van der Waals surface area contributed by atoms with E-state index in [1.54, 1.807) is 18.9 Å². The molecule has 3 N–H and O–H groups in total. The van der Waals surface area contributed by atoms with Crippen LogP contribution in [0.5, 0.6) is 0 Å². The van der Waals surface area contributed by atoms with Crippen molar-refractivity contribution in [1.29, 1.82) is 0 Å². The molecule has 5 nitrogen and oxygen atoms in total. The van der Waals surface area contributed by atoms with Crippen molar-refractivity contribution in [2.24, 2.45) is 17.6 Å². The van der Waals surface area contributed by atoms with Gasteiger partial charge in [0.15, 0.2) is 0 Å². The van der Waals surface area contributed by atoms with Crippen molar-refractivity contribution >= 4 is 11.8 Å². The highest BCUT2D eigenvalue weighted by Crippen LogP contribution is 2.28.